The Morgan fingerprint density at radius 3 is 2.74 bits per heavy atom. The number of H-pyrrole nitrogens is 1. The van der Waals surface area contributed by atoms with E-state index in [1.807, 2.05) is 61.5 Å². The standard InChI is InChI=1S/C17H17N3O2S/c1-20(2)15-6-4-3-5-12(15)16(23-22)17-18-13-8-7-11(10-21)9-14(13)19-17/h3-9,21H,10H2,1-2H3,(H,18,19). The van der Waals surface area contributed by atoms with Crippen molar-refractivity contribution in [2.75, 3.05) is 19.0 Å². The second-order valence-corrected chi connectivity index (χ2v) is 5.99. The maximum absolute atomic E-state index is 11.8. The second-order valence-electron chi connectivity index (χ2n) is 5.42. The number of aromatic nitrogens is 2. The van der Waals surface area contributed by atoms with Gasteiger partial charge in [0.2, 0.25) is 0 Å². The fourth-order valence-corrected chi connectivity index (χ4v) is 2.96. The first-order valence-corrected chi connectivity index (χ1v) is 7.91. The van der Waals surface area contributed by atoms with Crippen molar-refractivity contribution in [2.24, 2.45) is 0 Å². The van der Waals surface area contributed by atoms with E-state index in [-0.39, 0.29) is 6.61 Å². The molecule has 3 rings (SSSR count). The van der Waals surface area contributed by atoms with Crippen molar-refractivity contribution in [1.29, 1.82) is 0 Å². The molecule has 1 aromatic heterocycles. The van der Waals surface area contributed by atoms with E-state index in [1.54, 1.807) is 0 Å². The van der Waals surface area contributed by atoms with E-state index in [2.05, 4.69) is 9.97 Å². The summed E-state index contributed by atoms with van der Waals surface area (Å²) in [5.74, 6) is 0.546. The first kappa shape index (κ1) is 15.5. The zero-order valence-corrected chi connectivity index (χ0v) is 13.7. The summed E-state index contributed by atoms with van der Waals surface area (Å²) < 4.78 is 11.8. The maximum Gasteiger partial charge on any atom is 0.152 e. The van der Waals surface area contributed by atoms with Gasteiger partial charge in [0, 0.05) is 25.3 Å². The van der Waals surface area contributed by atoms with Gasteiger partial charge >= 0.3 is 0 Å². The summed E-state index contributed by atoms with van der Waals surface area (Å²) in [5.41, 5.74) is 4.17. The van der Waals surface area contributed by atoms with Crippen molar-refractivity contribution in [3.8, 4) is 0 Å². The van der Waals surface area contributed by atoms with Gasteiger partial charge in [0.25, 0.3) is 0 Å². The number of aliphatic hydroxyl groups is 1. The lowest BCUT2D eigenvalue weighted by Crippen LogP contribution is -2.15. The Hall–Kier alpha value is -2.44. The first-order valence-electron chi connectivity index (χ1n) is 7.17. The minimum Gasteiger partial charge on any atom is -0.392 e. The Bertz CT molecular complexity index is 911. The highest BCUT2D eigenvalue weighted by atomic mass is 32.1. The molecule has 0 bridgehead atoms. The number of nitrogens with zero attached hydrogens (tertiary/aromatic N) is 2. The number of rotatable bonds is 4. The molecule has 0 radical (unpaired) electrons. The van der Waals surface area contributed by atoms with Gasteiger partial charge in [-0.15, -0.1) is 0 Å². The summed E-state index contributed by atoms with van der Waals surface area (Å²) >= 11 is 0.430. The van der Waals surface area contributed by atoms with Crippen molar-refractivity contribution in [2.45, 2.75) is 6.61 Å². The normalized spacial score (nSPS) is 10.7. The number of aromatic amines is 1. The highest BCUT2D eigenvalue weighted by Gasteiger charge is 2.16. The lowest BCUT2D eigenvalue weighted by molar-refractivity contribution is 0.282. The third kappa shape index (κ3) is 2.91. The topological polar surface area (TPSA) is 69.2 Å². The fourth-order valence-electron chi connectivity index (χ4n) is 2.52. The molecule has 6 heteroatoms. The van der Waals surface area contributed by atoms with Crippen LogP contribution in [-0.2, 0) is 17.9 Å². The molecule has 1 heterocycles. The van der Waals surface area contributed by atoms with Crippen molar-refractivity contribution in [3.63, 3.8) is 0 Å². The largest absolute Gasteiger partial charge is 0.392 e. The molecule has 0 atom stereocenters. The van der Waals surface area contributed by atoms with Crippen LogP contribution in [0.15, 0.2) is 42.5 Å². The van der Waals surface area contributed by atoms with Crippen LogP contribution in [0.5, 0.6) is 0 Å². The number of fused-ring (bicyclic) bond motifs is 1. The molecule has 23 heavy (non-hydrogen) atoms. The molecule has 0 aliphatic heterocycles. The predicted octanol–water partition coefficient (Wildman–Crippen LogP) is 1.90. The van der Waals surface area contributed by atoms with Gasteiger partial charge in [0.1, 0.15) is 16.1 Å². The molecule has 0 fully saturated rings. The zero-order chi connectivity index (χ0) is 16.4. The third-order valence-corrected chi connectivity index (χ3v) is 4.24. The molecular weight excluding hydrogens is 310 g/mol. The predicted molar refractivity (Wildman–Crippen MR) is 94.1 cm³/mol. The van der Waals surface area contributed by atoms with Gasteiger partial charge in [0.15, 0.2) is 5.82 Å². The van der Waals surface area contributed by atoms with Gasteiger partial charge in [0.05, 0.1) is 17.6 Å². The number of imidazole rings is 1. The van der Waals surface area contributed by atoms with E-state index in [0.717, 1.165) is 27.8 Å². The van der Waals surface area contributed by atoms with E-state index in [1.165, 1.54) is 0 Å². The molecule has 0 unspecified atom stereocenters. The minimum atomic E-state index is -0.0333. The van der Waals surface area contributed by atoms with Crippen LogP contribution < -0.4 is 4.90 Å². The summed E-state index contributed by atoms with van der Waals surface area (Å²) in [4.78, 5) is 10.2. The van der Waals surface area contributed by atoms with Crippen LogP contribution in [0.4, 0.5) is 5.69 Å². The lowest BCUT2D eigenvalue weighted by Gasteiger charge is -2.16. The number of anilines is 1. The molecule has 0 spiro atoms. The monoisotopic (exact) mass is 327 g/mol. The van der Waals surface area contributed by atoms with E-state index in [0.29, 0.717) is 21.9 Å². The molecule has 0 aliphatic carbocycles. The van der Waals surface area contributed by atoms with Crippen molar-refractivity contribution >= 4 is 32.8 Å². The summed E-state index contributed by atoms with van der Waals surface area (Å²) in [6.45, 7) is -0.0333. The van der Waals surface area contributed by atoms with Gasteiger partial charge in [-0.05, 0) is 23.8 Å². The minimum absolute atomic E-state index is 0.0333. The Kier molecular flexibility index (Phi) is 4.27. The molecule has 0 amide bonds. The van der Waals surface area contributed by atoms with Gasteiger partial charge in [-0.3, -0.25) is 0 Å². The molecule has 0 aliphatic rings. The van der Waals surface area contributed by atoms with Gasteiger partial charge < -0.3 is 15.0 Å². The van der Waals surface area contributed by atoms with E-state index < -0.39 is 0 Å². The smallest absolute Gasteiger partial charge is 0.152 e. The maximum atomic E-state index is 11.8. The van der Waals surface area contributed by atoms with Crippen LogP contribution in [0.3, 0.4) is 0 Å². The van der Waals surface area contributed by atoms with Crippen molar-refractivity contribution in [3.05, 3.63) is 59.4 Å². The highest BCUT2D eigenvalue weighted by Crippen LogP contribution is 2.22. The van der Waals surface area contributed by atoms with Crippen molar-refractivity contribution < 1.29 is 9.32 Å². The quantitative estimate of drug-likeness (QED) is 0.567. The summed E-state index contributed by atoms with van der Waals surface area (Å²) in [5, 5.41) is 9.23. The van der Waals surface area contributed by atoms with Gasteiger partial charge in [-0.1, -0.05) is 24.3 Å². The average molecular weight is 327 g/mol. The Morgan fingerprint density at radius 2 is 2.04 bits per heavy atom. The Balaban J connectivity index is 2.14. The number of nitrogens with one attached hydrogen (secondary N) is 1. The molecule has 5 nitrogen and oxygen atoms in total. The SMILES string of the molecule is CN(C)c1ccccc1C(=S=O)c1nc2cc(CO)ccc2[nH]1. The van der Waals surface area contributed by atoms with Crippen LogP contribution in [0.2, 0.25) is 0 Å². The number of para-hydroxylation sites is 1. The van der Waals surface area contributed by atoms with Gasteiger partial charge in [-0.2, -0.15) is 0 Å². The number of hydrogen-bond acceptors (Lipinski definition) is 4. The summed E-state index contributed by atoms with van der Waals surface area (Å²) in [7, 11) is 3.89. The van der Waals surface area contributed by atoms with E-state index >= 15 is 0 Å². The average Bonchev–Trinajstić information content (AvgIpc) is 2.98. The fraction of sp³-hybridized carbons (Fsp3) is 0.176. The lowest BCUT2D eigenvalue weighted by atomic mass is 10.1. The molecule has 2 N–H and O–H groups in total. The van der Waals surface area contributed by atoms with Crippen LogP contribution in [0.25, 0.3) is 11.0 Å². The number of benzene rings is 2. The Labute approximate surface area is 137 Å². The molecule has 3 aromatic rings. The van der Waals surface area contributed by atoms with Gasteiger partial charge in [-0.25, -0.2) is 9.19 Å². The second kappa shape index (κ2) is 6.36. The van der Waals surface area contributed by atoms with Crippen LogP contribution in [-0.4, -0.2) is 38.2 Å². The molecular formula is C17H17N3O2S. The number of aliphatic hydroxyl groups excluding tert-OH is 1. The third-order valence-electron chi connectivity index (χ3n) is 3.66. The molecule has 2 aromatic carbocycles. The highest BCUT2D eigenvalue weighted by molar-refractivity contribution is 7.67. The van der Waals surface area contributed by atoms with Crippen molar-refractivity contribution in [1.82, 2.24) is 9.97 Å². The van der Waals surface area contributed by atoms with Crippen LogP contribution >= 0.6 is 0 Å². The Morgan fingerprint density at radius 1 is 1.26 bits per heavy atom. The van der Waals surface area contributed by atoms with Crippen LogP contribution in [0.1, 0.15) is 17.0 Å². The molecule has 0 saturated carbocycles. The van der Waals surface area contributed by atoms with E-state index in [9.17, 15) is 9.32 Å². The summed E-state index contributed by atoms with van der Waals surface area (Å²) in [6, 6.07) is 13.3. The zero-order valence-electron chi connectivity index (χ0n) is 12.9. The molecule has 118 valence electrons. The van der Waals surface area contributed by atoms with E-state index in [4.69, 9.17) is 0 Å². The number of hydrogen-bond donors (Lipinski definition) is 2. The summed E-state index contributed by atoms with van der Waals surface area (Å²) in [6.07, 6.45) is 0. The van der Waals surface area contributed by atoms with Crippen LogP contribution in [0, 0.1) is 0 Å². The molecule has 0 saturated heterocycles. The first-order chi connectivity index (χ1) is 11.1.